The van der Waals surface area contributed by atoms with Crippen LogP contribution in [-0.2, 0) is 0 Å². The highest BCUT2D eigenvalue weighted by Gasteiger charge is 2.13. The van der Waals surface area contributed by atoms with Gasteiger partial charge in [-0.05, 0) is 50.2 Å². The predicted octanol–water partition coefficient (Wildman–Crippen LogP) is 3.69. The lowest BCUT2D eigenvalue weighted by Gasteiger charge is -2.10. The molecule has 0 saturated carbocycles. The Balaban J connectivity index is 1.59. The van der Waals surface area contributed by atoms with Crippen molar-refractivity contribution in [3.8, 4) is 11.6 Å². The van der Waals surface area contributed by atoms with Crippen LogP contribution in [0.1, 0.15) is 21.9 Å². The number of carbonyl (C=O) groups is 1. The summed E-state index contributed by atoms with van der Waals surface area (Å²) in [5, 5.41) is 3.73. The van der Waals surface area contributed by atoms with Crippen LogP contribution in [0.25, 0.3) is 16.7 Å². The smallest absolute Gasteiger partial charge is 0.257 e. The number of pyridine rings is 2. The SMILES string of the molecule is COc1ccc2nc(C)c(C(=O)Nc3ccc(-n4ccnc4C)nc3)cc2c1. The number of amides is 1. The number of benzene rings is 1. The van der Waals surface area contributed by atoms with Crippen molar-refractivity contribution < 1.29 is 9.53 Å². The molecule has 4 rings (SSSR count). The van der Waals surface area contributed by atoms with Gasteiger partial charge in [-0.3, -0.25) is 14.3 Å². The molecule has 0 aliphatic heterocycles. The number of nitrogens with one attached hydrogen (secondary N) is 1. The quantitative estimate of drug-likeness (QED) is 0.590. The Morgan fingerprint density at radius 3 is 2.64 bits per heavy atom. The Labute approximate surface area is 162 Å². The van der Waals surface area contributed by atoms with E-state index in [0.717, 1.165) is 28.3 Å². The number of anilines is 1. The Hall–Kier alpha value is -3.74. The minimum Gasteiger partial charge on any atom is -0.497 e. The maximum atomic E-state index is 12.8. The van der Waals surface area contributed by atoms with E-state index in [1.165, 1.54) is 0 Å². The van der Waals surface area contributed by atoms with Crippen molar-refractivity contribution in [2.45, 2.75) is 13.8 Å². The van der Waals surface area contributed by atoms with E-state index in [9.17, 15) is 4.79 Å². The number of nitrogens with zero attached hydrogens (tertiary/aromatic N) is 4. The van der Waals surface area contributed by atoms with Crippen molar-refractivity contribution in [2.75, 3.05) is 12.4 Å². The molecule has 140 valence electrons. The number of hydrogen-bond acceptors (Lipinski definition) is 5. The molecule has 0 bridgehead atoms. The van der Waals surface area contributed by atoms with Gasteiger partial charge in [-0.25, -0.2) is 9.97 Å². The first kappa shape index (κ1) is 17.7. The van der Waals surface area contributed by atoms with Crippen LogP contribution in [0, 0.1) is 13.8 Å². The van der Waals surface area contributed by atoms with Crippen molar-refractivity contribution in [1.82, 2.24) is 19.5 Å². The van der Waals surface area contributed by atoms with E-state index in [1.54, 1.807) is 19.5 Å². The number of carbonyl (C=O) groups excluding carboxylic acids is 1. The third-order valence-electron chi connectivity index (χ3n) is 4.54. The second-order valence-corrected chi connectivity index (χ2v) is 6.38. The Kier molecular flexibility index (Phi) is 4.49. The number of fused-ring (bicyclic) bond motifs is 1. The lowest BCUT2D eigenvalue weighted by atomic mass is 10.1. The van der Waals surface area contributed by atoms with E-state index in [4.69, 9.17) is 4.74 Å². The molecule has 28 heavy (non-hydrogen) atoms. The molecule has 1 amide bonds. The lowest BCUT2D eigenvalue weighted by Crippen LogP contribution is -2.14. The summed E-state index contributed by atoms with van der Waals surface area (Å²) < 4.78 is 7.13. The van der Waals surface area contributed by atoms with Gasteiger partial charge in [0.2, 0.25) is 0 Å². The van der Waals surface area contributed by atoms with Crippen molar-refractivity contribution in [3.05, 3.63) is 72.1 Å². The fraction of sp³-hybridized carbons (Fsp3) is 0.143. The first-order valence-corrected chi connectivity index (χ1v) is 8.78. The minimum atomic E-state index is -0.233. The average Bonchev–Trinajstić information content (AvgIpc) is 3.13. The average molecular weight is 373 g/mol. The highest BCUT2D eigenvalue weighted by molar-refractivity contribution is 6.06. The van der Waals surface area contributed by atoms with Crippen LogP contribution in [0.4, 0.5) is 5.69 Å². The van der Waals surface area contributed by atoms with Crippen LogP contribution >= 0.6 is 0 Å². The molecule has 0 aliphatic carbocycles. The second kappa shape index (κ2) is 7.11. The number of rotatable bonds is 4. The predicted molar refractivity (Wildman–Crippen MR) is 107 cm³/mol. The standard InChI is InChI=1S/C21H19N5O2/c1-13-18(11-15-10-17(28-3)5-6-19(15)24-13)21(27)25-16-4-7-20(23-12-16)26-9-8-22-14(26)2/h4-12H,1-3H3,(H,25,27). The van der Waals surface area contributed by atoms with Crippen molar-refractivity contribution in [2.24, 2.45) is 0 Å². The van der Waals surface area contributed by atoms with Gasteiger partial charge in [-0.1, -0.05) is 0 Å². The first-order valence-electron chi connectivity index (χ1n) is 8.78. The molecule has 0 atom stereocenters. The van der Waals surface area contributed by atoms with E-state index in [1.807, 2.05) is 61.0 Å². The molecule has 1 aromatic carbocycles. The molecular weight excluding hydrogens is 354 g/mol. The van der Waals surface area contributed by atoms with Gasteiger partial charge in [-0.2, -0.15) is 0 Å². The summed E-state index contributed by atoms with van der Waals surface area (Å²) in [4.78, 5) is 25.9. The molecule has 0 aliphatic rings. The summed E-state index contributed by atoms with van der Waals surface area (Å²) in [7, 11) is 1.61. The van der Waals surface area contributed by atoms with Crippen LogP contribution in [0.15, 0.2) is 55.0 Å². The monoisotopic (exact) mass is 373 g/mol. The summed E-state index contributed by atoms with van der Waals surface area (Å²) in [6.07, 6.45) is 5.19. The highest BCUT2D eigenvalue weighted by Crippen LogP contribution is 2.22. The molecule has 0 spiro atoms. The molecule has 7 nitrogen and oxygen atoms in total. The van der Waals surface area contributed by atoms with Crippen LogP contribution in [-0.4, -0.2) is 32.5 Å². The van der Waals surface area contributed by atoms with Crippen LogP contribution in [0.5, 0.6) is 5.75 Å². The van der Waals surface area contributed by atoms with Crippen molar-refractivity contribution in [1.29, 1.82) is 0 Å². The summed E-state index contributed by atoms with van der Waals surface area (Å²) in [5.41, 5.74) is 2.59. The zero-order valence-corrected chi connectivity index (χ0v) is 15.8. The Morgan fingerprint density at radius 1 is 1.11 bits per heavy atom. The van der Waals surface area contributed by atoms with E-state index in [0.29, 0.717) is 16.9 Å². The highest BCUT2D eigenvalue weighted by atomic mass is 16.5. The van der Waals surface area contributed by atoms with Gasteiger partial charge in [0.25, 0.3) is 5.91 Å². The van der Waals surface area contributed by atoms with Gasteiger partial charge < -0.3 is 10.1 Å². The number of hydrogen-bond donors (Lipinski definition) is 1. The molecule has 0 saturated heterocycles. The summed E-state index contributed by atoms with van der Waals surface area (Å²) in [6.45, 7) is 3.73. The van der Waals surface area contributed by atoms with E-state index < -0.39 is 0 Å². The second-order valence-electron chi connectivity index (χ2n) is 6.38. The van der Waals surface area contributed by atoms with Gasteiger partial charge in [0.15, 0.2) is 0 Å². The Morgan fingerprint density at radius 2 is 1.96 bits per heavy atom. The first-order chi connectivity index (χ1) is 13.5. The topological polar surface area (TPSA) is 81.9 Å². The molecule has 3 heterocycles. The zero-order chi connectivity index (χ0) is 19.7. The molecule has 7 heteroatoms. The number of ether oxygens (including phenoxy) is 1. The summed E-state index contributed by atoms with van der Waals surface area (Å²) in [6, 6.07) is 11.1. The lowest BCUT2D eigenvalue weighted by molar-refractivity contribution is 0.102. The number of imidazole rings is 1. The normalized spacial score (nSPS) is 10.8. The molecule has 1 N–H and O–H groups in total. The van der Waals surface area contributed by atoms with Crippen LogP contribution < -0.4 is 10.1 Å². The van der Waals surface area contributed by atoms with E-state index in [-0.39, 0.29) is 5.91 Å². The van der Waals surface area contributed by atoms with Crippen molar-refractivity contribution >= 4 is 22.5 Å². The largest absolute Gasteiger partial charge is 0.497 e. The zero-order valence-electron chi connectivity index (χ0n) is 15.8. The maximum absolute atomic E-state index is 12.8. The summed E-state index contributed by atoms with van der Waals surface area (Å²) in [5.74, 6) is 2.07. The maximum Gasteiger partial charge on any atom is 0.257 e. The molecule has 0 unspecified atom stereocenters. The third-order valence-corrected chi connectivity index (χ3v) is 4.54. The van der Waals surface area contributed by atoms with Crippen LogP contribution in [0.3, 0.4) is 0 Å². The molecule has 0 radical (unpaired) electrons. The van der Waals surface area contributed by atoms with Gasteiger partial charge in [0.1, 0.15) is 17.4 Å². The van der Waals surface area contributed by atoms with E-state index in [2.05, 4.69) is 20.3 Å². The van der Waals surface area contributed by atoms with Gasteiger partial charge >= 0.3 is 0 Å². The fourth-order valence-corrected chi connectivity index (χ4v) is 3.03. The minimum absolute atomic E-state index is 0.233. The summed E-state index contributed by atoms with van der Waals surface area (Å²) >= 11 is 0. The van der Waals surface area contributed by atoms with Gasteiger partial charge in [0.05, 0.1) is 35.8 Å². The van der Waals surface area contributed by atoms with Crippen LogP contribution in [0.2, 0.25) is 0 Å². The number of methoxy groups -OCH3 is 1. The third kappa shape index (κ3) is 3.29. The molecule has 4 aromatic rings. The fourth-order valence-electron chi connectivity index (χ4n) is 3.03. The number of aromatic nitrogens is 4. The molecule has 3 aromatic heterocycles. The number of aryl methyl sites for hydroxylation is 2. The van der Waals surface area contributed by atoms with Crippen molar-refractivity contribution in [3.63, 3.8) is 0 Å². The Bertz CT molecular complexity index is 1170. The van der Waals surface area contributed by atoms with Gasteiger partial charge in [0, 0.05) is 17.8 Å². The van der Waals surface area contributed by atoms with Gasteiger partial charge in [-0.15, -0.1) is 0 Å². The van der Waals surface area contributed by atoms with E-state index >= 15 is 0 Å². The molecule has 0 fully saturated rings. The molecular formula is C21H19N5O2.